The number of alkyl halides is 3. The number of esters is 1. The van der Waals surface area contributed by atoms with Crippen molar-refractivity contribution in [2.45, 2.75) is 36.3 Å². The number of hydrogen-bond donors (Lipinski definition) is 1. The first-order valence-corrected chi connectivity index (χ1v) is 10.8. The molecule has 170 valence electrons. The van der Waals surface area contributed by atoms with Gasteiger partial charge in [-0.15, -0.1) is 10.2 Å². The highest BCUT2D eigenvalue weighted by Gasteiger charge is 2.44. The number of halogens is 3. The van der Waals surface area contributed by atoms with Crippen LogP contribution >= 0.6 is 11.8 Å². The quantitative estimate of drug-likeness (QED) is 0.518. The first kappa shape index (κ1) is 22.2. The van der Waals surface area contributed by atoms with Gasteiger partial charge in [-0.25, -0.2) is 9.59 Å². The minimum atomic E-state index is -4.64. The molecule has 0 saturated heterocycles. The summed E-state index contributed by atoms with van der Waals surface area (Å²) in [6, 6.07) is 7.77. The van der Waals surface area contributed by atoms with Crippen molar-refractivity contribution in [3.05, 3.63) is 53.0 Å². The molecule has 0 radical (unpaired) electrons. The molecule has 1 aromatic carbocycles. The van der Waals surface area contributed by atoms with Gasteiger partial charge in [0, 0.05) is 24.5 Å². The number of ether oxygens (including phenoxy) is 1. The zero-order chi connectivity index (χ0) is 23.0. The van der Waals surface area contributed by atoms with E-state index in [0.717, 1.165) is 29.2 Å². The predicted molar refractivity (Wildman–Crippen MR) is 108 cm³/mol. The fraction of sp³-hybridized carbons (Fsp3) is 0.400. The molecular weight excluding hydrogens is 447 g/mol. The van der Waals surface area contributed by atoms with Crippen LogP contribution in [0.5, 0.6) is 0 Å². The van der Waals surface area contributed by atoms with Crippen LogP contribution in [0.4, 0.5) is 18.0 Å². The van der Waals surface area contributed by atoms with Crippen LogP contribution in [-0.2, 0) is 22.8 Å². The number of urea groups is 1. The van der Waals surface area contributed by atoms with Crippen LogP contribution in [0.2, 0.25) is 0 Å². The van der Waals surface area contributed by atoms with Gasteiger partial charge < -0.3 is 14.6 Å². The number of amides is 2. The van der Waals surface area contributed by atoms with E-state index in [4.69, 9.17) is 4.74 Å². The first-order valence-electron chi connectivity index (χ1n) is 9.77. The number of nitrogens with one attached hydrogen (secondary N) is 1. The van der Waals surface area contributed by atoms with E-state index in [-0.39, 0.29) is 28.6 Å². The van der Waals surface area contributed by atoms with Gasteiger partial charge in [-0.05, 0) is 18.4 Å². The Morgan fingerprint density at radius 2 is 1.94 bits per heavy atom. The molecule has 1 N–H and O–H groups in total. The number of carbonyl (C=O) groups is 2. The molecule has 2 heterocycles. The van der Waals surface area contributed by atoms with Crippen molar-refractivity contribution in [3.63, 3.8) is 0 Å². The van der Waals surface area contributed by atoms with Gasteiger partial charge in [0.2, 0.25) is 5.82 Å². The van der Waals surface area contributed by atoms with Crippen molar-refractivity contribution in [1.82, 2.24) is 25.0 Å². The molecule has 1 unspecified atom stereocenters. The molecule has 2 amide bonds. The minimum Gasteiger partial charge on any atom is -0.466 e. The highest BCUT2D eigenvalue weighted by atomic mass is 32.2. The van der Waals surface area contributed by atoms with Crippen molar-refractivity contribution in [2.24, 2.45) is 7.05 Å². The predicted octanol–water partition coefficient (Wildman–Crippen LogP) is 3.28. The van der Waals surface area contributed by atoms with E-state index in [2.05, 4.69) is 15.5 Å². The van der Waals surface area contributed by atoms with Gasteiger partial charge >= 0.3 is 18.2 Å². The highest BCUT2D eigenvalue weighted by Crippen LogP contribution is 2.40. The monoisotopic (exact) mass is 467 g/mol. The maximum absolute atomic E-state index is 13.1. The van der Waals surface area contributed by atoms with Crippen LogP contribution in [0.15, 0.2) is 46.8 Å². The lowest BCUT2D eigenvalue weighted by Gasteiger charge is -2.36. The van der Waals surface area contributed by atoms with Crippen molar-refractivity contribution in [1.29, 1.82) is 0 Å². The molecule has 1 atom stereocenters. The summed E-state index contributed by atoms with van der Waals surface area (Å²) in [6.07, 6.45) is -3.09. The minimum absolute atomic E-state index is 0.0204. The van der Waals surface area contributed by atoms with E-state index in [9.17, 15) is 22.8 Å². The van der Waals surface area contributed by atoms with Gasteiger partial charge in [-0.1, -0.05) is 42.1 Å². The molecule has 0 spiro atoms. The summed E-state index contributed by atoms with van der Waals surface area (Å²) in [5.41, 5.74) is 1.34. The van der Waals surface area contributed by atoms with Crippen molar-refractivity contribution in [3.8, 4) is 0 Å². The summed E-state index contributed by atoms with van der Waals surface area (Å²) in [4.78, 5) is 27.3. The Morgan fingerprint density at radius 1 is 1.25 bits per heavy atom. The molecule has 1 fully saturated rings. The molecule has 1 saturated carbocycles. The summed E-state index contributed by atoms with van der Waals surface area (Å²) in [5, 5.41) is 9.76. The van der Waals surface area contributed by atoms with E-state index in [1.807, 2.05) is 6.07 Å². The molecule has 12 heteroatoms. The highest BCUT2D eigenvalue weighted by molar-refractivity contribution is 7.99. The molecule has 0 bridgehead atoms. The maximum Gasteiger partial charge on any atom is 0.451 e. The third kappa shape index (κ3) is 4.18. The number of benzene rings is 1. The van der Waals surface area contributed by atoms with Gasteiger partial charge in [-0.2, -0.15) is 13.2 Å². The van der Waals surface area contributed by atoms with Crippen molar-refractivity contribution in [2.75, 3.05) is 12.9 Å². The summed E-state index contributed by atoms with van der Waals surface area (Å²) >= 11 is 0.972. The molecule has 4 rings (SSSR count). The van der Waals surface area contributed by atoms with Gasteiger partial charge in [0.1, 0.15) is 0 Å². The lowest BCUT2D eigenvalue weighted by Crippen LogP contribution is -2.50. The second kappa shape index (κ2) is 8.49. The van der Waals surface area contributed by atoms with Crippen LogP contribution < -0.4 is 5.32 Å². The summed E-state index contributed by atoms with van der Waals surface area (Å²) in [6.45, 7) is 0. The van der Waals surface area contributed by atoms with Gasteiger partial charge in [0.05, 0.1) is 18.7 Å². The molecule has 1 aliphatic carbocycles. The maximum atomic E-state index is 13.1. The number of thioether (sulfide) groups is 1. The SMILES string of the molecule is COC(=O)C1=C(CSc2nnc(C(F)(F)F)n2C)N(C2CC2)C(=O)NC1c1ccccc1. The number of carbonyl (C=O) groups excluding carboxylic acids is 2. The third-order valence-corrected chi connectivity index (χ3v) is 6.29. The molecule has 2 aliphatic rings. The number of nitrogens with zero attached hydrogens (tertiary/aromatic N) is 4. The van der Waals surface area contributed by atoms with Gasteiger partial charge in [0.15, 0.2) is 5.16 Å². The standard InChI is InChI=1S/C20H20F3N5O3S/c1-27-17(20(21,22)23)25-26-19(27)32-10-13-14(16(29)31-2)15(11-6-4-3-5-7-11)24-18(30)28(13)12-8-9-12/h3-7,12,15H,8-10H2,1-2H3,(H,24,30). The number of hydrogen-bond acceptors (Lipinski definition) is 6. The Balaban J connectivity index is 1.74. The van der Waals surface area contributed by atoms with Crippen LogP contribution in [0.3, 0.4) is 0 Å². The Morgan fingerprint density at radius 3 is 2.50 bits per heavy atom. The molecule has 32 heavy (non-hydrogen) atoms. The molecule has 2 aromatic rings. The smallest absolute Gasteiger partial charge is 0.451 e. The van der Waals surface area contributed by atoms with Crippen LogP contribution in [0.25, 0.3) is 0 Å². The lowest BCUT2D eigenvalue weighted by atomic mass is 9.95. The number of rotatable bonds is 6. The van der Waals surface area contributed by atoms with Crippen molar-refractivity contribution < 1.29 is 27.5 Å². The zero-order valence-corrected chi connectivity index (χ0v) is 18.0. The Kier molecular flexibility index (Phi) is 5.89. The summed E-state index contributed by atoms with van der Waals surface area (Å²) in [5.74, 6) is -1.69. The van der Waals surface area contributed by atoms with Gasteiger partial charge in [0.25, 0.3) is 0 Å². The third-order valence-electron chi connectivity index (χ3n) is 5.25. The second-order valence-electron chi connectivity index (χ2n) is 7.40. The normalized spacial score (nSPS) is 19.2. The van der Waals surface area contributed by atoms with E-state index in [1.54, 1.807) is 24.3 Å². The lowest BCUT2D eigenvalue weighted by molar-refractivity contribution is -0.147. The van der Waals surface area contributed by atoms with Crippen LogP contribution in [0, 0.1) is 0 Å². The second-order valence-corrected chi connectivity index (χ2v) is 8.34. The number of aromatic nitrogens is 3. The average molecular weight is 467 g/mol. The molecular formula is C20H20F3N5O3S. The fourth-order valence-corrected chi connectivity index (χ4v) is 4.55. The number of methoxy groups -OCH3 is 1. The fourth-order valence-electron chi connectivity index (χ4n) is 3.61. The largest absolute Gasteiger partial charge is 0.466 e. The molecule has 1 aromatic heterocycles. The average Bonchev–Trinajstić information content (AvgIpc) is 3.52. The van der Waals surface area contributed by atoms with E-state index in [1.165, 1.54) is 19.1 Å². The Labute approximate surface area is 185 Å². The summed E-state index contributed by atoms with van der Waals surface area (Å²) in [7, 11) is 2.47. The molecule has 8 nitrogen and oxygen atoms in total. The van der Waals surface area contributed by atoms with Crippen LogP contribution in [-0.4, -0.2) is 50.6 Å². The Hall–Kier alpha value is -3.02. The Bertz CT molecular complexity index is 1070. The van der Waals surface area contributed by atoms with E-state index >= 15 is 0 Å². The topological polar surface area (TPSA) is 89.3 Å². The van der Waals surface area contributed by atoms with Crippen molar-refractivity contribution >= 4 is 23.8 Å². The molecule has 1 aliphatic heterocycles. The van der Waals surface area contributed by atoms with E-state index < -0.39 is 24.0 Å². The summed E-state index contributed by atoms with van der Waals surface area (Å²) < 4.78 is 45.1. The van der Waals surface area contributed by atoms with Crippen LogP contribution in [0.1, 0.15) is 30.3 Å². The zero-order valence-electron chi connectivity index (χ0n) is 17.2. The van der Waals surface area contributed by atoms with Gasteiger partial charge in [-0.3, -0.25) is 4.90 Å². The van der Waals surface area contributed by atoms with E-state index in [0.29, 0.717) is 11.3 Å². The first-order chi connectivity index (χ1) is 15.2.